The van der Waals surface area contributed by atoms with Crippen molar-refractivity contribution in [3.63, 3.8) is 0 Å². The molecular formula is C17H22O. The summed E-state index contributed by atoms with van der Waals surface area (Å²) in [5, 5.41) is 10.3. The van der Waals surface area contributed by atoms with Gasteiger partial charge in [0.25, 0.3) is 0 Å². The largest absolute Gasteiger partial charge is 0.388 e. The molecule has 1 saturated carbocycles. The molecule has 1 unspecified atom stereocenters. The zero-order chi connectivity index (χ0) is 13.2. The average Bonchev–Trinajstić information content (AvgIpc) is 2.95. The second kappa shape index (κ2) is 5.14. The number of aliphatic hydroxyl groups excluding tert-OH is 1. The van der Waals surface area contributed by atoms with Gasteiger partial charge in [-0.1, -0.05) is 57.5 Å². The Morgan fingerprint density at radius 1 is 1.33 bits per heavy atom. The Bertz CT molecular complexity index is 476. The summed E-state index contributed by atoms with van der Waals surface area (Å²) in [7, 11) is 0. The summed E-state index contributed by atoms with van der Waals surface area (Å²) >= 11 is 0. The van der Waals surface area contributed by atoms with Crippen molar-refractivity contribution < 1.29 is 5.11 Å². The maximum absolute atomic E-state index is 10.3. The Hall–Kier alpha value is -1.30. The predicted octanol–water partition coefficient (Wildman–Crippen LogP) is 4.19. The maximum atomic E-state index is 10.3. The van der Waals surface area contributed by atoms with Crippen LogP contribution in [0.15, 0.2) is 41.6 Å². The number of hydrogen-bond acceptors (Lipinski definition) is 1. The van der Waals surface area contributed by atoms with E-state index >= 15 is 0 Å². The van der Waals surface area contributed by atoms with E-state index in [0.29, 0.717) is 0 Å². The summed E-state index contributed by atoms with van der Waals surface area (Å²) in [6.45, 7) is 6.55. The van der Waals surface area contributed by atoms with Gasteiger partial charge >= 0.3 is 0 Å². The highest BCUT2D eigenvalue weighted by Crippen LogP contribution is 2.50. The highest BCUT2D eigenvalue weighted by molar-refractivity contribution is 5.69. The summed E-state index contributed by atoms with van der Waals surface area (Å²) in [5.41, 5.74) is 7.13. The third-order valence-corrected chi connectivity index (χ3v) is 3.58. The molecule has 1 aliphatic rings. The minimum Gasteiger partial charge on any atom is -0.388 e. The molecule has 0 aliphatic heterocycles. The lowest BCUT2D eigenvalue weighted by Gasteiger charge is -2.12. The van der Waals surface area contributed by atoms with Crippen LogP contribution < -0.4 is 0 Å². The van der Waals surface area contributed by atoms with Crippen LogP contribution in [0.2, 0.25) is 0 Å². The molecule has 1 aliphatic carbocycles. The lowest BCUT2D eigenvalue weighted by Crippen LogP contribution is -2.08. The fourth-order valence-electron chi connectivity index (χ4n) is 2.16. The third-order valence-electron chi connectivity index (χ3n) is 3.58. The minimum absolute atomic E-state index is 0.284. The van der Waals surface area contributed by atoms with Crippen LogP contribution in [0.1, 0.15) is 45.6 Å². The fourth-order valence-corrected chi connectivity index (χ4v) is 2.16. The van der Waals surface area contributed by atoms with E-state index in [1.54, 1.807) is 0 Å². The van der Waals surface area contributed by atoms with Gasteiger partial charge in [-0.05, 0) is 29.4 Å². The van der Waals surface area contributed by atoms with Gasteiger partial charge < -0.3 is 5.11 Å². The molecule has 1 aromatic rings. The van der Waals surface area contributed by atoms with E-state index < -0.39 is 6.10 Å². The first-order valence-electron chi connectivity index (χ1n) is 6.78. The summed E-state index contributed by atoms with van der Waals surface area (Å²) in [5.74, 6) is 0. The van der Waals surface area contributed by atoms with Crippen molar-refractivity contribution in [2.24, 2.45) is 5.41 Å². The highest BCUT2D eigenvalue weighted by atomic mass is 16.3. The molecule has 2 rings (SSSR count). The van der Waals surface area contributed by atoms with E-state index in [0.717, 1.165) is 30.4 Å². The molecule has 0 radical (unpaired) electrons. The van der Waals surface area contributed by atoms with E-state index in [2.05, 4.69) is 38.6 Å². The minimum atomic E-state index is -0.402. The van der Waals surface area contributed by atoms with Crippen LogP contribution in [-0.2, 0) is 0 Å². The molecule has 1 N–H and O–H groups in total. The van der Waals surface area contributed by atoms with E-state index in [-0.39, 0.29) is 5.41 Å². The van der Waals surface area contributed by atoms with Crippen molar-refractivity contribution in [2.45, 2.75) is 46.1 Å². The van der Waals surface area contributed by atoms with Crippen molar-refractivity contribution in [2.75, 3.05) is 0 Å². The van der Waals surface area contributed by atoms with Gasteiger partial charge in [-0.25, -0.2) is 0 Å². The smallest absolute Gasteiger partial charge is 0.0867 e. The lowest BCUT2D eigenvalue weighted by atomic mass is 9.98. The summed E-state index contributed by atoms with van der Waals surface area (Å²) < 4.78 is 0. The first-order valence-corrected chi connectivity index (χ1v) is 6.78. The van der Waals surface area contributed by atoms with Crippen LogP contribution in [0.5, 0.6) is 0 Å². The van der Waals surface area contributed by atoms with Crippen molar-refractivity contribution in [3.05, 3.63) is 47.2 Å². The zero-order valence-corrected chi connectivity index (χ0v) is 11.5. The molecule has 0 spiro atoms. The Morgan fingerprint density at radius 2 is 1.94 bits per heavy atom. The van der Waals surface area contributed by atoms with Gasteiger partial charge in [0.1, 0.15) is 0 Å². The molecule has 1 fully saturated rings. The molecular weight excluding hydrogens is 220 g/mol. The number of hydrogen-bond donors (Lipinski definition) is 1. The van der Waals surface area contributed by atoms with E-state index in [9.17, 15) is 5.11 Å². The molecule has 1 heteroatoms. The predicted molar refractivity (Wildman–Crippen MR) is 76.2 cm³/mol. The lowest BCUT2D eigenvalue weighted by molar-refractivity contribution is 0.221. The Kier molecular flexibility index (Phi) is 3.75. The second-order valence-electron chi connectivity index (χ2n) is 5.75. The van der Waals surface area contributed by atoms with E-state index in [4.69, 9.17) is 0 Å². The molecule has 0 saturated heterocycles. The third kappa shape index (κ3) is 2.93. The number of benzene rings is 1. The first-order chi connectivity index (χ1) is 8.54. The SMILES string of the molecule is CCCC(O)C(=C=C1CC1(C)C)c1ccccc1. The van der Waals surface area contributed by atoms with Gasteiger partial charge in [0.05, 0.1) is 6.10 Å². The number of aliphatic hydroxyl groups is 1. The van der Waals surface area contributed by atoms with Crippen LogP contribution in [0.3, 0.4) is 0 Å². The molecule has 0 bridgehead atoms. The van der Waals surface area contributed by atoms with E-state index in [1.165, 1.54) is 5.57 Å². The Morgan fingerprint density at radius 3 is 2.44 bits per heavy atom. The summed E-state index contributed by atoms with van der Waals surface area (Å²) in [4.78, 5) is 0. The molecule has 18 heavy (non-hydrogen) atoms. The van der Waals surface area contributed by atoms with Gasteiger partial charge in [-0.3, -0.25) is 0 Å². The average molecular weight is 242 g/mol. The zero-order valence-electron chi connectivity index (χ0n) is 11.5. The monoisotopic (exact) mass is 242 g/mol. The van der Waals surface area contributed by atoms with Crippen molar-refractivity contribution in [1.82, 2.24) is 0 Å². The fraction of sp³-hybridized carbons (Fsp3) is 0.471. The summed E-state index contributed by atoms with van der Waals surface area (Å²) in [6.07, 6.45) is 2.48. The molecule has 1 nitrogen and oxygen atoms in total. The van der Waals surface area contributed by atoms with Gasteiger partial charge in [0, 0.05) is 5.57 Å². The normalized spacial score (nSPS) is 18.1. The molecule has 0 aromatic heterocycles. The molecule has 1 aromatic carbocycles. The molecule has 96 valence electrons. The van der Waals surface area contributed by atoms with Crippen LogP contribution in [0, 0.1) is 5.41 Å². The Balaban J connectivity index is 2.40. The van der Waals surface area contributed by atoms with Crippen LogP contribution in [0.4, 0.5) is 0 Å². The second-order valence-corrected chi connectivity index (χ2v) is 5.75. The van der Waals surface area contributed by atoms with Crippen LogP contribution >= 0.6 is 0 Å². The van der Waals surface area contributed by atoms with Crippen LogP contribution in [0.25, 0.3) is 5.57 Å². The van der Waals surface area contributed by atoms with Gasteiger partial charge in [0.15, 0.2) is 0 Å². The van der Waals surface area contributed by atoms with Crippen molar-refractivity contribution in [1.29, 1.82) is 0 Å². The highest BCUT2D eigenvalue weighted by Gasteiger charge is 2.39. The summed E-state index contributed by atoms with van der Waals surface area (Å²) in [6, 6.07) is 10.1. The Labute approximate surface area is 110 Å². The van der Waals surface area contributed by atoms with E-state index in [1.807, 2.05) is 18.2 Å². The number of rotatable bonds is 4. The van der Waals surface area contributed by atoms with Gasteiger partial charge in [0.2, 0.25) is 0 Å². The standard InChI is InChI=1S/C17H22O/c1-4-8-16(18)15(11-14-12-17(14,2)3)13-9-6-5-7-10-13/h5-7,9-10,16,18H,4,8,12H2,1-3H3. The van der Waals surface area contributed by atoms with Crippen molar-refractivity contribution >= 4 is 5.57 Å². The first kappa shape index (κ1) is 13.1. The maximum Gasteiger partial charge on any atom is 0.0867 e. The van der Waals surface area contributed by atoms with Gasteiger partial charge in [-0.15, -0.1) is 5.73 Å². The van der Waals surface area contributed by atoms with Gasteiger partial charge in [-0.2, -0.15) is 0 Å². The molecule has 0 heterocycles. The van der Waals surface area contributed by atoms with Crippen LogP contribution in [-0.4, -0.2) is 11.2 Å². The van der Waals surface area contributed by atoms with Crippen molar-refractivity contribution in [3.8, 4) is 0 Å². The molecule has 1 atom stereocenters. The molecule has 0 amide bonds. The topological polar surface area (TPSA) is 20.2 Å². The quantitative estimate of drug-likeness (QED) is 0.785.